The second-order valence-electron chi connectivity index (χ2n) is 10.2. The van der Waals surface area contributed by atoms with Crippen LogP contribution in [0.25, 0.3) is 0 Å². The Labute approximate surface area is 225 Å². The molecule has 0 bridgehead atoms. The van der Waals surface area contributed by atoms with E-state index >= 15 is 0 Å². The van der Waals surface area contributed by atoms with Crippen molar-refractivity contribution in [2.45, 2.75) is 71.0 Å². The van der Waals surface area contributed by atoms with Gasteiger partial charge in [-0.05, 0) is 73.2 Å². The van der Waals surface area contributed by atoms with E-state index in [9.17, 15) is 14.0 Å². The van der Waals surface area contributed by atoms with Crippen molar-refractivity contribution in [3.05, 3.63) is 101 Å². The van der Waals surface area contributed by atoms with Crippen molar-refractivity contribution in [1.29, 1.82) is 0 Å². The molecule has 0 unspecified atom stereocenters. The molecule has 1 N–H and O–H groups in total. The fraction of sp³-hybridized carbons (Fsp3) is 0.375. The molecular formula is C32H37FN2O3. The van der Waals surface area contributed by atoms with Crippen LogP contribution in [-0.4, -0.2) is 35.4 Å². The highest BCUT2D eigenvalue weighted by atomic mass is 19.1. The monoisotopic (exact) mass is 516 g/mol. The Bertz CT molecular complexity index is 1210. The molecule has 6 heteroatoms. The number of ether oxygens (including phenoxy) is 1. The molecule has 4 rings (SSSR count). The van der Waals surface area contributed by atoms with E-state index in [1.807, 2.05) is 62.4 Å². The lowest BCUT2D eigenvalue weighted by molar-refractivity contribution is -0.143. The zero-order chi connectivity index (χ0) is 26.9. The quantitative estimate of drug-likeness (QED) is 0.364. The standard InChI is InChI=1S/C32H37FN2O3/c1-23-13-18-29(19-24(23)2)38-22-31(36)35(21-26-14-16-27(33)17-15-26)30(20-25-9-5-3-6-10-25)32(37)34-28-11-7-4-8-12-28/h3,5-6,9-10,13-19,28,30H,4,7-8,11-12,20-22H2,1-2H3,(H,34,37)/t30-/m0/s1. The molecule has 1 atom stereocenters. The smallest absolute Gasteiger partial charge is 0.261 e. The van der Waals surface area contributed by atoms with Gasteiger partial charge in [0.05, 0.1) is 0 Å². The summed E-state index contributed by atoms with van der Waals surface area (Å²) >= 11 is 0. The fourth-order valence-corrected chi connectivity index (χ4v) is 4.92. The highest BCUT2D eigenvalue weighted by Crippen LogP contribution is 2.21. The molecule has 0 aliphatic heterocycles. The van der Waals surface area contributed by atoms with E-state index in [-0.39, 0.29) is 36.8 Å². The number of benzene rings is 3. The van der Waals surface area contributed by atoms with Crippen molar-refractivity contribution < 1.29 is 18.7 Å². The average molecular weight is 517 g/mol. The van der Waals surface area contributed by atoms with Gasteiger partial charge in [-0.25, -0.2) is 4.39 Å². The van der Waals surface area contributed by atoms with Gasteiger partial charge in [0.15, 0.2) is 6.61 Å². The second-order valence-corrected chi connectivity index (χ2v) is 10.2. The van der Waals surface area contributed by atoms with Crippen molar-refractivity contribution in [3.8, 4) is 5.75 Å². The lowest BCUT2D eigenvalue weighted by Crippen LogP contribution is -2.53. The van der Waals surface area contributed by atoms with Gasteiger partial charge in [0.1, 0.15) is 17.6 Å². The van der Waals surface area contributed by atoms with Gasteiger partial charge in [-0.2, -0.15) is 0 Å². The maximum atomic E-state index is 13.8. The third-order valence-electron chi connectivity index (χ3n) is 7.33. The summed E-state index contributed by atoms with van der Waals surface area (Å²) in [6.07, 6.45) is 5.64. The van der Waals surface area contributed by atoms with Crippen molar-refractivity contribution in [2.75, 3.05) is 6.61 Å². The van der Waals surface area contributed by atoms with Gasteiger partial charge < -0.3 is 15.0 Å². The lowest BCUT2D eigenvalue weighted by Gasteiger charge is -2.33. The zero-order valence-corrected chi connectivity index (χ0v) is 22.3. The lowest BCUT2D eigenvalue weighted by atomic mass is 9.94. The summed E-state index contributed by atoms with van der Waals surface area (Å²) in [5.41, 5.74) is 3.92. The SMILES string of the molecule is Cc1ccc(OCC(=O)N(Cc2ccc(F)cc2)[C@@H](Cc2ccccc2)C(=O)NC2CCCCC2)cc1C. The first-order chi connectivity index (χ1) is 18.4. The number of halogens is 1. The number of hydrogen-bond acceptors (Lipinski definition) is 3. The number of nitrogens with one attached hydrogen (secondary N) is 1. The Balaban J connectivity index is 1.60. The van der Waals surface area contributed by atoms with Crippen LogP contribution in [-0.2, 0) is 22.6 Å². The molecule has 3 aromatic rings. The Morgan fingerprint density at radius 3 is 2.32 bits per heavy atom. The van der Waals surface area contributed by atoms with Gasteiger partial charge in [-0.3, -0.25) is 9.59 Å². The molecule has 1 aliphatic rings. The molecule has 38 heavy (non-hydrogen) atoms. The molecule has 0 aromatic heterocycles. The van der Waals surface area contributed by atoms with Crippen LogP contribution < -0.4 is 10.1 Å². The third-order valence-corrected chi connectivity index (χ3v) is 7.33. The first kappa shape index (κ1) is 27.4. The minimum Gasteiger partial charge on any atom is -0.484 e. The van der Waals surface area contributed by atoms with Gasteiger partial charge in [0.2, 0.25) is 5.91 Å². The predicted molar refractivity (Wildman–Crippen MR) is 147 cm³/mol. The number of carbonyl (C=O) groups is 2. The molecule has 1 aliphatic carbocycles. The fourth-order valence-electron chi connectivity index (χ4n) is 4.92. The van der Waals surface area contributed by atoms with E-state index in [1.165, 1.54) is 18.6 Å². The van der Waals surface area contributed by atoms with Crippen molar-refractivity contribution in [2.24, 2.45) is 0 Å². The molecule has 0 saturated heterocycles. The number of carbonyl (C=O) groups excluding carboxylic acids is 2. The summed E-state index contributed by atoms with van der Waals surface area (Å²) in [5, 5.41) is 3.22. The van der Waals surface area contributed by atoms with Gasteiger partial charge in [0.25, 0.3) is 5.91 Å². The zero-order valence-electron chi connectivity index (χ0n) is 22.3. The van der Waals surface area contributed by atoms with Crippen LogP contribution in [0.15, 0.2) is 72.8 Å². The Hall–Kier alpha value is -3.67. The van der Waals surface area contributed by atoms with E-state index in [1.54, 1.807) is 17.0 Å². The highest BCUT2D eigenvalue weighted by molar-refractivity contribution is 5.88. The number of aryl methyl sites for hydroxylation is 2. The summed E-state index contributed by atoms with van der Waals surface area (Å²) in [6.45, 7) is 3.99. The average Bonchev–Trinajstić information content (AvgIpc) is 2.93. The summed E-state index contributed by atoms with van der Waals surface area (Å²) in [7, 11) is 0. The molecule has 0 heterocycles. The van der Waals surface area contributed by atoms with Crippen molar-refractivity contribution in [1.82, 2.24) is 10.2 Å². The van der Waals surface area contributed by atoms with Gasteiger partial charge >= 0.3 is 0 Å². The largest absolute Gasteiger partial charge is 0.484 e. The first-order valence-corrected chi connectivity index (χ1v) is 13.5. The summed E-state index contributed by atoms with van der Waals surface area (Å²) in [6, 6.07) is 20.9. The first-order valence-electron chi connectivity index (χ1n) is 13.5. The van der Waals surface area contributed by atoms with Crippen LogP contribution >= 0.6 is 0 Å². The summed E-state index contributed by atoms with van der Waals surface area (Å²) in [5.74, 6) is -0.204. The van der Waals surface area contributed by atoms with Gasteiger partial charge in [-0.1, -0.05) is 67.8 Å². The van der Waals surface area contributed by atoms with Crippen LogP contribution in [0.1, 0.15) is 54.4 Å². The Morgan fingerprint density at radius 1 is 0.921 bits per heavy atom. The number of amides is 2. The molecule has 1 fully saturated rings. The van der Waals surface area contributed by atoms with E-state index in [0.717, 1.165) is 47.9 Å². The van der Waals surface area contributed by atoms with Gasteiger partial charge in [-0.15, -0.1) is 0 Å². The molecule has 5 nitrogen and oxygen atoms in total. The minimum atomic E-state index is -0.736. The van der Waals surface area contributed by atoms with E-state index in [0.29, 0.717) is 12.2 Å². The Morgan fingerprint density at radius 2 is 1.63 bits per heavy atom. The van der Waals surface area contributed by atoms with E-state index < -0.39 is 6.04 Å². The molecule has 0 spiro atoms. The molecular weight excluding hydrogens is 479 g/mol. The summed E-state index contributed by atoms with van der Waals surface area (Å²) < 4.78 is 19.5. The normalized spacial score (nSPS) is 14.5. The molecule has 200 valence electrons. The number of rotatable bonds is 10. The Kier molecular flexibility index (Phi) is 9.52. The van der Waals surface area contributed by atoms with Crippen LogP contribution in [0.2, 0.25) is 0 Å². The molecule has 1 saturated carbocycles. The van der Waals surface area contributed by atoms with Gasteiger partial charge in [0, 0.05) is 19.0 Å². The molecule has 2 amide bonds. The van der Waals surface area contributed by atoms with Crippen LogP contribution in [0.4, 0.5) is 4.39 Å². The summed E-state index contributed by atoms with van der Waals surface area (Å²) in [4.78, 5) is 29.1. The topological polar surface area (TPSA) is 58.6 Å². The third kappa shape index (κ3) is 7.67. The highest BCUT2D eigenvalue weighted by Gasteiger charge is 2.32. The van der Waals surface area contributed by atoms with Crippen molar-refractivity contribution >= 4 is 11.8 Å². The van der Waals surface area contributed by atoms with Crippen LogP contribution in [0.5, 0.6) is 5.75 Å². The van der Waals surface area contributed by atoms with E-state index in [2.05, 4.69) is 5.32 Å². The molecule has 3 aromatic carbocycles. The molecule has 0 radical (unpaired) electrons. The number of nitrogens with zero attached hydrogens (tertiary/aromatic N) is 1. The second kappa shape index (κ2) is 13.2. The van der Waals surface area contributed by atoms with Crippen molar-refractivity contribution in [3.63, 3.8) is 0 Å². The van der Waals surface area contributed by atoms with Crippen LogP contribution in [0, 0.1) is 19.7 Å². The minimum absolute atomic E-state index is 0.115. The number of hydrogen-bond donors (Lipinski definition) is 1. The van der Waals surface area contributed by atoms with Crippen LogP contribution in [0.3, 0.4) is 0 Å². The van der Waals surface area contributed by atoms with E-state index in [4.69, 9.17) is 4.74 Å². The maximum Gasteiger partial charge on any atom is 0.261 e. The predicted octanol–water partition coefficient (Wildman–Crippen LogP) is 5.91. The maximum absolute atomic E-state index is 13.8.